The van der Waals surface area contributed by atoms with Gasteiger partial charge in [0, 0.05) is 12.2 Å². The van der Waals surface area contributed by atoms with Gasteiger partial charge in [-0.15, -0.1) is 0 Å². The van der Waals surface area contributed by atoms with Crippen molar-refractivity contribution in [1.29, 1.82) is 0 Å². The quantitative estimate of drug-likeness (QED) is 0.764. The lowest BCUT2D eigenvalue weighted by Crippen LogP contribution is -2.25. The molecule has 0 saturated heterocycles. The molecule has 4 heteroatoms. The van der Waals surface area contributed by atoms with Crippen molar-refractivity contribution in [3.8, 4) is 0 Å². The van der Waals surface area contributed by atoms with Gasteiger partial charge in [-0.1, -0.05) is 19.3 Å². The Morgan fingerprint density at radius 1 is 1.20 bits per heavy atom. The molecule has 2 nitrogen and oxygen atoms in total. The van der Waals surface area contributed by atoms with Gasteiger partial charge >= 0.3 is 0 Å². The number of aliphatic hydroxyl groups excluding tert-OH is 2. The molecule has 0 aromatic heterocycles. The number of rotatable bonds is 4. The van der Waals surface area contributed by atoms with Crippen LogP contribution in [0.4, 0.5) is 8.78 Å². The smallest absolute Gasteiger partial charge is 0.272 e. The normalized spacial score (nSPS) is 20.0. The molecule has 0 spiro atoms. The molecule has 88 valence electrons. The van der Waals surface area contributed by atoms with E-state index in [1.54, 1.807) is 0 Å². The highest BCUT2D eigenvalue weighted by Crippen LogP contribution is 2.31. The van der Waals surface area contributed by atoms with Gasteiger partial charge in [-0.2, -0.15) is 8.78 Å². The van der Waals surface area contributed by atoms with Crippen molar-refractivity contribution in [2.75, 3.05) is 6.61 Å². The lowest BCUT2D eigenvalue weighted by atomic mass is 9.82. The van der Waals surface area contributed by atoms with E-state index >= 15 is 0 Å². The van der Waals surface area contributed by atoms with Crippen molar-refractivity contribution in [2.24, 2.45) is 5.92 Å². The topological polar surface area (TPSA) is 40.5 Å². The highest BCUT2D eigenvalue weighted by molar-refractivity contribution is 5.10. The van der Waals surface area contributed by atoms with E-state index in [2.05, 4.69) is 0 Å². The van der Waals surface area contributed by atoms with Crippen LogP contribution < -0.4 is 0 Å². The lowest BCUT2D eigenvalue weighted by molar-refractivity contribution is 0.103. The fourth-order valence-corrected chi connectivity index (χ4v) is 2.21. The van der Waals surface area contributed by atoms with Gasteiger partial charge in [0.2, 0.25) is 0 Å². The first-order chi connectivity index (χ1) is 7.16. The molecule has 0 aliphatic heterocycles. The maximum Gasteiger partial charge on any atom is 0.272 e. The van der Waals surface area contributed by atoms with Crippen LogP contribution >= 0.6 is 0 Å². The predicted molar refractivity (Wildman–Crippen MR) is 53.5 cm³/mol. The summed E-state index contributed by atoms with van der Waals surface area (Å²) < 4.78 is 25.0. The van der Waals surface area contributed by atoms with Crippen LogP contribution in [0.2, 0.25) is 0 Å². The Morgan fingerprint density at radius 2 is 1.80 bits per heavy atom. The first kappa shape index (κ1) is 12.6. The summed E-state index contributed by atoms with van der Waals surface area (Å²) in [5, 5.41) is 18.4. The van der Waals surface area contributed by atoms with Crippen LogP contribution in [0, 0.1) is 5.92 Å². The zero-order valence-electron chi connectivity index (χ0n) is 8.75. The van der Waals surface area contributed by atoms with Crippen LogP contribution in [0.3, 0.4) is 0 Å². The van der Waals surface area contributed by atoms with Crippen molar-refractivity contribution in [2.45, 2.75) is 44.6 Å². The molecular formula is C11H18F2O2. The molecule has 0 aromatic rings. The first-order valence-electron chi connectivity index (χ1n) is 5.49. The molecule has 0 radical (unpaired) electrons. The van der Waals surface area contributed by atoms with Crippen LogP contribution in [-0.4, -0.2) is 22.9 Å². The van der Waals surface area contributed by atoms with Gasteiger partial charge in [0.25, 0.3) is 6.08 Å². The summed E-state index contributed by atoms with van der Waals surface area (Å²) in [5.74, 6) is -0.0539. The molecule has 15 heavy (non-hydrogen) atoms. The van der Waals surface area contributed by atoms with Crippen molar-refractivity contribution in [3.63, 3.8) is 0 Å². The molecule has 0 bridgehead atoms. The fraction of sp³-hybridized carbons (Fsp3) is 0.818. The molecule has 1 aliphatic rings. The standard InChI is InChI=1S/C11H18F2O2/c12-11(13)9(6-7-14)10(15)8-4-2-1-3-5-8/h8,10,14-15H,1-7H2. The second kappa shape index (κ2) is 6.18. The van der Waals surface area contributed by atoms with Gasteiger partial charge < -0.3 is 10.2 Å². The van der Waals surface area contributed by atoms with Gasteiger partial charge in [-0.3, -0.25) is 0 Å². The molecule has 2 N–H and O–H groups in total. The molecule has 1 fully saturated rings. The summed E-state index contributed by atoms with van der Waals surface area (Å²) in [6.07, 6.45) is 1.72. The van der Waals surface area contributed by atoms with Crippen LogP contribution in [-0.2, 0) is 0 Å². The van der Waals surface area contributed by atoms with E-state index in [1.165, 1.54) is 0 Å². The fourth-order valence-electron chi connectivity index (χ4n) is 2.21. The minimum absolute atomic E-state index is 0.0539. The molecule has 0 aromatic carbocycles. The third-order valence-corrected chi connectivity index (χ3v) is 3.08. The zero-order valence-corrected chi connectivity index (χ0v) is 8.75. The minimum Gasteiger partial charge on any atom is -0.396 e. The number of aliphatic hydroxyl groups is 2. The highest BCUT2D eigenvalue weighted by atomic mass is 19.3. The molecule has 1 aliphatic carbocycles. The molecular weight excluding hydrogens is 202 g/mol. The SMILES string of the molecule is OCCC(=C(F)F)C(O)C1CCCCC1. The lowest BCUT2D eigenvalue weighted by Gasteiger charge is -2.27. The Kier molecular flexibility index (Phi) is 5.19. The maximum atomic E-state index is 12.5. The summed E-state index contributed by atoms with van der Waals surface area (Å²) in [4.78, 5) is 0. The largest absolute Gasteiger partial charge is 0.396 e. The molecule has 1 saturated carbocycles. The van der Waals surface area contributed by atoms with E-state index in [1.807, 2.05) is 0 Å². The maximum absolute atomic E-state index is 12.5. The van der Waals surface area contributed by atoms with Crippen LogP contribution in [0.1, 0.15) is 38.5 Å². The molecule has 1 unspecified atom stereocenters. The van der Waals surface area contributed by atoms with Crippen molar-refractivity contribution in [3.05, 3.63) is 11.7 Å². The van der Waals surface area contributed by atoms with E-state index in [0.29, 0.717) is 0 Å². The summed E-state index contributed by atoms with van der Waals surface area (Å²) >= 11 is 0. The summed E-state index contributed by atoms with van der Waals surface area (Å²) in [6.45, 7) is -0.337. The first-order valence-corrected chi connectivity index (χ1v) is 5.49. The van der Waals surface area contributed by atoms with E-state index in [9.17, 15) is 13.9 Å². The predicted octanol–water partition coefficient (Wildman–Crippen LogP) is 2.46. The Labute approximate surface area is 88.6 Å². The van der Waals surface area contributed by atoms with E-state index in [4.69, 9.17) is 5.11 Å². The van der Waals surface area contributed by atoms with Crippen LogP contribution in [0.25, 0.3) is 0 Å². The van der Waals surface area contributed by atoms with Crippen LogP contribution in [0.5, 0.6) is 0 Å². The van der Waals surface area contributed by atoms with E-state index in [-0.39, 0.29) is 24.5 Å². The Balaban J connectivity index is 2.62. The zero-order chi connectivity index (χ0) is 11.3. The van der Waals surface area contributed by atoms with E-state index < -0.39 is 12.2 Å². The Bertz CT molecular complexity index is 219. The molecule has 0 heterocycles. The highest BCUT2D eigenvalue weighted by Gasteiger charge is 2.27. The summed E-state index contributed by atoms with van der Waals surface area (Å²) in [5.41, 5.74) is -0.274. The summed E-state index contributed by atoms with van der Waals surface area (Å²) in [7, 11) is 0. The summed E-state index contributed by atoms with van der Waals surface area (Å²) in [6, 6.07) is 0. The third-order valence-electron chi connectivity index (χ3n) is 3.08. The van der Waals surface area contributed by atoms with Gasteiger partial charge in [0.1, 0.15) is 0 Å². The Morgan fingerprint density at radius 3 is 2.27 bits per heavy atom. The Hall–Kier alpha value is -0.480. The second-order valence-electron chi connectivity index (χ2n) is 4.10. The molecule has 1 rings (SSSR count). The number of halogens is 2. The van der Waals surface area contributed by atoms with Crippen LogP contribution in [0.15, 0.2) is 11.7 Å². The average Bonchev–Trinajstić information content (AvgIpc) is 2.26. The molecule has 0 amide bonds. The van der Waals surface area contributed by atoms with Crippen molar-refractivity contribution in [1.82, 2.24) is 0 Å². The van der Waals surface area contributed by atoms with Crippen molar-refractivity contribution < 1.29 is 19.0 Å². The monoisotopic (exact) mass is 220 g/mol. The minimum atomic E-state index is -1.83. The van der Waals surface area contributed by atoms with Gasteiger partial charge in [-0.25, -0.2) is 0 Å². The van der Waals surface area contributed by atoms with Gasteiger partial charge in [-0.05, 0) is 25.2 Å². The van der Waals surface area contributed by atoms with Crippen molar-refractivity contribution >= 4 is 0 Å². The number of hydrogen-bond acceptors (Lipinski definition) is 2. The average molecular weight is 220 g/mol. The van der Waals surface area contributed by atoms with E-state index in [0.717, 1.165) is 32.1 Å². The third kappa shape index (κ3) is 3.54. The molecule has 1 atom stereocenters. The van der Waals surface area contributed by atoms with Gasteiger partial charge in [0.05, 0.1) is 6.10 Å². The number of hydrogen-bond donors (Lipinski definition) is 2. The van der Waals surface area contributed by atoms with Gasteiger partial charge in [0.15, 0.2) is 0 Å². The second-order valence-corrected chi connectivity index (χ2v) is 4.10.